The Bertz CT molecular complexity index is 309. The van der Waals surface area contributed by atoms with Crippen molar-refractivity contribution < 1.29 is 8.42 Å². The molecule has 7 heteroatoms. The van der Waals surface area contributed by atoms with Crippen LogP contribution >= 0.6 is 12.4 Å². The summed E-state index contributed by atoms with van der Waals surface area (Å²) in [6, 6.07) is 0. The highest BCUT2D eigenvalue weighted by atomic mass is 35.5. The quantitative estimate of drug-likeness (QED) is 0.732. The van der Waals surface area contributed by atoms with E-state index in [2.05, 4.69) is 4.72 Å². The van der Waals surface area contributed by atoms with Gasteiger partial charge < -0.3 is 5.73 Å². The van der Waals surface area contributed by atoms with E-state index in [1.165, 1.54) is 4.31 Å². The Hall–Kier alpha value is 0.120. The van der Waals surface area contributed by atoms with E-state index in [-0.39, 0.29) is 12.4 Å². The minimum absolute atomic E-state index is 0. The first-order valence-electron chi connectivity index (χ1n) is 5.62. The summed E-state index contributed by atoms with van der Waals surface area (Å²) >= 11 is 0. The van der Waals surface area contributed by atoms with E-state index in [4.69, 9.17) is 5.73 Å². The molecule has 106 valence electrons. The maximum absolute atomic E-state index is 11.9. The average molecular weight is 288 g/mol. The standard InChI is InChI=1S/C10H25N3O2S.ClH/c1-6-13(5)16(14,15)12-10(4,8-11)7-9(2)3;/h9,12H,6-8,11H2,1-5H3;1H. The zero-order valence-corrected chi connectivity index (χ0v) is 13.0. The van der Waals surface area contributed by atoms with E-state index >= 15 is 0 Å². The Kier molecular flexibility index (Phi) is 8.62. The molecule has 0 fully saturated rings. The fourth-order valence-corrected chi connectivity index (χ4v) is 2.91. The molecule has 1 atom stereocenters. The summed E-state index contributed by atoms with van der Waals surface area (Å²) in [7, 11) is -1.87. The van der Waals surface area contributed by atoms with Gasteiger partial charge in [-0.2, -0.15) is 17.4 Å². The van der Waals surface area contributed by atoms with Crippen molar-refractivity contribution in [1.82, 2.24) is 9.03 Å². The van der Waals surface area contributed by atoms with Crippen LogP contribution in [0.2, 0.25) is 0 Å². The van der Waals surface area contributed by atoms with Gasteiger partial charge in [-0.05, 0) is 19.3 Å². The van der Waals surface area contributed by atoms with Gasteiger partial charge in [0.05, 0.1) is 0 Å². The van der Waals surface area contributed by atoms with E-state index in [0.717, 1.165) is 6.42 Å². The zero-order valence-electron chi connectivity index (χ0n) is 11.4. The third-order valence-corrected chi connectivity index (χ3v) is 4.37. The highest BCUT2D eigenvalue weighted by molar-refractivity contribution is 7.87. The summed E-state index contributed by atoms with van der Waals surface area (Å²) in [4.78, 5) is 0. The summed E-state index contributed by atoms with van der Waals surface area (Å²) in [6.07, 6.45) is 0.723. The molecule has 0 aromatic carbocycles. The molecule has 0 aliphatic rings. The van der Waals surface area contributed by atoms with Gasteiger partial charge in [0.2, 0.25) is 0 Å². The van der Waals surface area contributed by atoms with E-state index in [1.54, 1.807) is 14.0 Å². The molecule has 0 aliphatic heterocycles. The van der Waals surface area contributed by atoms with Gasteiger partial charge in [-0.25, -0.2) is 0 Å². The average Bonchev–Trinajstić information content (AvgIpc) is 2.14. The van der Waals surface area contributed by atoms with Crippen LogP contribution in [-0.2, 0) is 10.2 Å². The van der Waals surface area contributed by atoms with Gasteiger partial charge in [0.1, 0.15) is 0 Å². The summed E-state index contributed by atoms with van der Waals surface area (Å²) in [6.45, 7) is 8.46. The molecule has 0 saturated heterocycles. The van der Waals surface area contributed by atoms with Crippen molar-refractivity contribution in [2.75, 3.05) is 20.1 Å². The number of nitrogens with zero attached hydrogens (tertiary/aromatic N) is 1. The Morgan fingerprint density at radius 2 is 1.88 bits per heavy atom. The second kappa shape index (κ2) is 7.53. The van der Waals surface area contributed by atoms with Crippen LogP contribution in [0.25, 0.3) is 0 Å². The Morgan fingerprint density at radius 3 is 2.18 bits per heavy atom. The molecule has 0 rings (SSSR count). The van der Waals surface area contributed by atoms with Crippen molar-refractivity contribution >= 4 is 22.6 Å². The normalized spacial score (nSPS) is 15.8. The molecule has 0 heterocycles. The van der Waals surface area contributed by atoms with Crippen molar-refractivity contribution in [3.8, 4) is 0 Å². The van der Waals surface area contributed by atoms with Gasteiger partial charge in [0, 0.05) is 25.7 Å². The number of hydrogen-bond acceptors (Lipinski definition) is 3. The van der Waals surface area contributed by atoms with E-state index in [9.17, 15) is 8.42 Å². The van der Waals surface area contributed by atoms with Crippen LogP contribution in [0.5, 0.6) is 0 Å². The molecular formula is C10H26ClN3O2S. The Morgan fingerprint density at radius 1 is 1.41 bits per heavy atom. The highest BCUT2D eigenvalue weighted by Gasteiger charge is 2.30. The molecule has 0 amide bonds. The van der Waals surface area contributed by atoms with Gasteiger partial charge in [0.15, 0.2) is 0 Å². The van der Waals surface area contributed by atoms with Crippen molar-refractivity contribution in [3.05, 3.63) is 0 Å². The summed E-state index contributed by atoms with van der Waals surface area (Å²) in [5.74, 6) is 0.392. The maximum Gasteiger partial charge on any atom is 0.279 e. The fourth-order valence-electron chi connectivity index (χ4n) is 1.63. The predicted octanol–water partition coefficient (Wildman–Crippen LogP) is 0.958. The SMILES string of the molecule is CCN(C)S(=O)(=O)NC(C)(CN)CC(C)C.Cl. The molecule has 1 unspecified atom stereocenters. The van der Waals surface area contributed by atoms with Crippen LogP contribution in [0.1, 0.15) is 34.1 Å². The van der Waals surface area contributed by atoms with Gasteiger partial charge in [-0.1, -0.05) is 20.8 Å². The number of halogens is 1. The predicted molar refractivity (Wildman–Crippen MR) is 74.5 cm³/mol. The first-order valence-corrected chi connectivity index (χ1v) is 7.06. The fraction of sp³-hybridized carbons (Fsp3) is 1.00. The lowest BCUT2D eigenvalue weighted by Crippen LogP contribution is -2.55. The van der Waals surface area contributed by atoms with Crippen molar-refractivity contribution in [1.29, 1.82) is 0 Å². The van der Waals surface area contributed by atoms with Crippen molar-refractivity contribution in [3.63, 3.8) is 0 Å². The molecule has 0 aromatic rings. The van der Waals surface area contributed by atoms with E-state index < -0.39 is 15.7 Å². The smallest absolute Gasteiger partial charge is 0.279 e. The lowest BCUT2D eigenvalue weighted by Gasteiger charge is -2.32. The molecule has 0 aliphatic carbocycles. The third kappa shape index (κ3) is 6.57. The lowest BCUT2D eigenvalue weighted by molar-refractivity contribution is 0.333. The molecular weight excluding hydrogens is 262 g/mol. The van der Waals surface area contributed by atoms with E-state index in [0.29, 0.717) is 19.0 Å². The van der Waals surface area contributed by atoms with Crippen LogP contribution < -0.4 is 10.5 Å². The number of nitrogens with one attached hydrogen (secondary N) is 1. The number of rotatable bonds is 7. The molecule has 0 radical (unpaired) electrons. The van der Waals surface area contributed by atoms with Crippen LogP contribution in [0.4, 0.5) is 0 Å². The number of nitrogens with two attached hydrogens (primary N) is 1. The molecule has 0 saturated carbocycles. The Labute approximate surface area is 112 Å². The van der Waals surface area contributed by atoms with E-state index in [1.807, 2.05) is 20.8 Å². The molecule has 0 aromatic heterocycles. The third-order valence-electron chi connectivity index (χ3n) is 2.54. The first kappa shape index (κ1) is 19.5. The van der Waals surface area contributed by atoms with Crippen LogP contribution in [0.3, 0.4) is 0 Å². The van der Waals surface area contributed by atoms with Crippen molar-refractivity contribution in [2.24, 2.45) is 11.7 Å². The summed E-state index contributed by atoms with van der Waals surface area (Å²) in [5, 5.41) is 0. The van der Waals surface area contributed by atoms with Gasteiger partial charge in [-0.3, -0.25) is 0 Å². The summed E-state index contributed by atoms with van der Waals surface area (Å²) in [5.41, 5.74) is 5.09. The lowest BCUT2D eigenvalue weighted by atomic mass is 9.92. The molecule has 17 heavy (non-hydrogen) atoms. The monoisotopic (exact) mass is 287 g/mol. The molecule has 0 spiro atoms. The molecule has 5 nitrogen and oxygen atoms in total. The highest BCUT2D eigenvalue weighted by Crippen LogP contribution is 2.17. The van der Waals surface area contributed by atoms with Crippen molar-refractivity contribution in [2.45, 2.75) is 39.7 Å². The Balaban J connectivity index is 0. The van der Waals surface area contributed by atoms with Gasteiger partial charge in [0.25, 0.3) is 10.2 Å². The topological polar surface area (TPSA) is 75.4 Å². The minimum Gasteiger partial charge on any atom is -0.329 e. The first-order chi connectivity index (χ1) is 7.17. The molecule has 3 N–H and O–H groups in total. The second-order valence-electron chi connectivity index (χ2n) is 4.88. The zero-order chi connectivity index (χ0) is 13.0. The number of hydrogen-bond donors (Lipinski definition) is 2. The van der Waals surface area contributed by atoms with Crippen LogP contribution in [0, 0.1) is 5.92 Å². The van der Waals surface area contributed by atoms with Gasteiger partial charge >= 0.3 is 0 Å². The largest absolute Gasteiger partial charge is 0.329 e. The minimum atomic E-state index is -3.42. The summed E-state index contributed by atoms with van der Waals surface area (Å²) < 4.78 is 27.7. The van der Waals surface area contributed by atoms with Gasteiger partial charge in [-0.15, -0.1) is 12.4 Å². The second-order valence-corrected chi connectivity index (χ2v) is 6.66. The van der Waals surface area contributed by atoms with Crippen LogP contribution in [0.15, 0.2) is 0 Å². The molecule has 0 bridgehead atoms. The maximum atomic E-state index is 11.9. The van der Waals surface area contributed by atoms with Crippen LogP contribution in [-0.4, -0.2) is 38.4 Å².